The molecule has 1 rings (SSSR count). The van der Waals surface area contributed by atoms with Crippen molar-refractivity contribution in [3.05, 3.63) is 28.8 Å². The number of primary amides is 1. The number of halogens is 1. The summed E-state index contributed by atoms with van der Waals surface area (Å²) in [4.78, 5) is 18.7. The first-order valence-corrected chi connectivity index (χ1v) is 3.62. The van der Waals surface area contributed by atoms with E-state index in [1.807, 2.05) is 0 Å². The van der Waals surface area contributed by atoms with E-state index < -0.39 is 0 Å². The van der Waals surface area contributed by atoms with Gasteiger partial charge in [-0.25, -0.2) is 0 Å². The molecule has 4 nitrogen and oxygen atoms in total. The van der Waals surface area contributed by atoms with Crippen molar-refractivity contribution in [3.8, 4) is 5.75 Å². The number of carbonyl (C=O) groups excluding carboxylic acids is 2. The summed E-state index contributed by atoms with van der Waals surface area (Å²) in [5, 5.41) is 9.40. The quantitative estimate of drug-likeness (QED) is 0.664. The fourth-order valence-electron chi connectivity index (χ4n) is 0.616. The fraction of sp³-hybridized carbons (Fsp3) is 0. The maximum absolute atomic E-state index is 10.1. The Morgan fingerprint density at radius 2 is 1.92 bits per heavy atom. The zero-order valence-corrected chi connectivity index (χ0v) is 7.36. The van der Waals surface area contributed by atoms with Gasteiger partial charge in [0, 0.05) is 5.02 Å². The Labute approximate surface area is 79.9 Å². The molecular formula is C8H8ClNO3. The number of hydrogen-bond donors (Lipinski definition) is 2. The molecule has 0 fully saturated rings. The molecule has 0 radical (unpaired) electrons. The summed E-state index contributed by atoms with van der Waals surface area (Å²) < 4.78 is 0. The van der Waals surface area contributed by atoms with Crippen LogP contribution >= 0.6 is 11.6 Å². The predicted octanol–water partition coefficient (Wildman–Crippen LogP) is 0.960. The first-order chi connectivity index (χ1) is 6.15. The van der Waals surface area contributed by atoms with Crippen LogP contribution in [0.5, 0.6) is 5.75 Å². The van der Waals surface area contributed by atoms with Gasteiger partial charge < -0.3 is 10.8 Å². The van der Waals surface area contributed by atoms with Crippen molar-refractivity contribution < 1.29 is 14.7 Å². The summed E-state index contributed by atoms with van der Waals surface area (Å²) in [5.74, 6) is -0.0810. The average molecular weight is 202 g/mol. The van der Waals surface area contributed by atoms with Crippen molar-refractivity contribution in [1.29, 1.82) is 0 Å². The molecule has 5 heteroatoms. The van der Waals surface area contributed by atoms with Crippen LogP contribution in [-0.4, -0.2) is 17.8 Å². The zero-order chi connectivity index (χ0) is 10.3. The molecule has 0 bridgehead atoms. The molecule has 70 valence electrons. The van der Waals surface area contributed by atoms with Crippen molar-refractivity contribution >= 4 is 24.3 Å². The number of benzene rings is 1. The number of hydrogen-bond acceptors (Lipinski definition) is 3. The smallest absolute Gasteiger partial charge is 0.204 e. The normalized spacial score (nSPS) is 8.08. The topological polar surface area (TPSA) is 80.4 Å². The number of aldehydes is 1. The lowest BCUT2D eigenvalue weighted by Crippen LogP contribution is -1.82. The van der Waals surface area contributed by atoms with Gasteiger partial charge in [0.15, 0.2) is 6.29 Å². The van der Waals surface area contributed by atoms with Gasteiger partial charge >= 0.3 is 0 Å². The van der Waals surface area contributed by atoms with E-state index in [1.165, 1.54) is 12.1 Å². The molecule has 0 aliphatic carbocycles. The Morgan fingerprint density at radius 1 is 1.38 bits per heavy atom. The van der Waals surface area contributed by atoms with E-state index in [0.29, 0.717) is 11.3 Å². The largest absolute Gasteiger partial charge is 0.507 e. The van der Waals surface area contributed by atoms with E-state index in [2.05, 4.69) is 5.73 Å². The number of phenols is 1. The Bertz CT molecular complexity index is 301. The van der Waals surface area contributed by atoms with Gasteiger partial charge in [-0.3, -0.25) is 9.59 Å². The Kier molecular flexibility index (Phi) is 5.30. The van der Waals surface area contributed by atoms with Gasteiger partial charge in [-0.1, -0.05) is 11.6 Å². The Morgan fingerprint density at radius 3 is 2.31 bits per heavy atom. The van der Waals surface area contributed by atoms with Crippen LogP contribution in [-0.2, 0) is 4.79 Å². The summed E-state index contributed by atoms with van der Waals surface area (Å²) in [6.07, 6.45) is 0.825. The second-order valence-corrected chi connectivity index (χ2v) is 2.39. The number of aromatic hydroxyl groups is 1. The van der Waals surface area contributed by atoms with Gasteiger partial charge in [-0.05, 0) is 18.2 Å². The van der Waals surface area contributed by atoms with Crippen LogP contribution in [0, 0.1) is 0 Å². The molecule has 0 unspecified atom stereocenters. The molecule has 1 amide bonds. The van der Waals surface area contributed by atoms with Crippen LogP contribution in [0.4, 0.5) is 0 Å². The van der Waals surface area contributed by atoms with E-state index in [-0.39, 0.29) is 17.7 Å². The maximum atomic E-state index is 10.1. The number of rotatable bonds is 1. The van der Waals surface area contributed by atoms with Crippen molar-refractivity contribution in [2.45, 2.75) is 0 Å². The molecule has 0 saturated heterocycles. The van der Waals surface area contributed by atoms with E-state index in [9.17, 15) is 4.79 Å². The standard InChI is InChI=1S/C7H5ClO2.CH3NO/c8-6-2-1-5(4-9)7(10)3-6;2-1-3/h1-4,10H;1H,(H2,2,3). The van der Waals surface area contributed by atoms with Gasteiger partial charge in [-0.2, -0.15) is 0 Å². The van der Waals surface area contributed by atoms with Gasteiger partial charge in [0.1, 0.15) is 5.75 Å². The first-order valence-electron chi connectivity index (χ1n) is 3.24. The molecule has 0 aliphatic rings. The van der Waals surface area contributed by atoms with Crippen LogP contribution < -0.4 is 5.73 Å². The van der Waals surface area contributed by atoms with E-state index in [4.69, 9.17) is 21.5 Å². The molecule has 0 heterocycles. The third kappa shape index (κ3) is 4.12. The minimum atomic E-state index is -0.0810. The zero-order valence-electron chi connectivity index (χ0n) is 6.61. The highest BCUT2D eigenvalue weighted by atomic mass is 35.5. The SMILES string of the molecule is NC=O.O=Cc1ccc(Cl)cc1O. The maximum Gasteiger partial charge on any atom is 0.204 e. The summed E-state index contributed by atoms with van der Waals surface area (Å²) in [5.41, 5.74) is 4.42. The van der Waals surface area contributed by atoms with E-state index in [0.717, 1.165) is 0 Å². The highest BCUT2D eigenvalue weighted by Gasteiger charge is 1.97. The highest BCUT2D eigenvalue weighted by molar-refractivity contribution is 6.30. The van der Waals surface area contributed by atoms with Crippen LogP contribution in [0.25, 0.3) is 0 Å². The lowest BCUT2D eigenvalue weighted by Gasteiger charge is -1.94. The Hall–Kier alpha value is -1.55. The molecule has 1 aromatic rings. The summed E-state index contributed by atoms with van der Waals surface area (Å²) in [7, 11) is 0. The van der Waals surface area contributed by atoms with Crippen LogP contribution in [0.1, 0.15) is 10.4 Å². The van der Waals surface area contributed by atoms with Crippen molar-refractivity contribution in [2.24, 2.45) is 5.73 Å². The molecule has 13 heavy (non-hydrogen) atoms. The van der Waals surface area contributed by atoms with Crippen LogP contribution in [0.15, 0.2) is 18.2 Å². The molecule has 0 atom stereocenters. The van der Waals surface area contributed by atoms with Gasteiger partial charge in [-0.15, -0.1) is 0 Å². The van der Waals surface area contributed by atoms with Gasteiger partial charge in [0.25, 0.3) is 0 Å². The first kappa shape index (κ1) is 11.4. The van der Waals surface area contributed by atoms with Crippen molar-refractivity contribution in [3.63, 3.8) is 0 Å². The fourth-order valence-corrected chi connectivity index (χ4v) is 0.783. The third-order valence-electron chi connectivity index (χ3n) is 1.12. The van der Waals surface area contributed by atoms with E-state index >= 15 is 0 Å². The lowest BCUT2D eigenvalue weighted by atomic mass is 10.2. The second kappa shape index (κ2) is 6.02. The summed E-state index contributed by atoms with van der Waals surface area (Å²) in [6.45, 7) is 0. The summed E-state index contributed by atoms with van der Waals surface area (Å²) in [6, 6.07) is 4.33. The minimum absolute atomic E-state index is 0.0810. The van der Waals surface area contributed by atoms with Crippen molar-refractivity contribution in [2.75, 3.05) is 0 Å². The number of carbonyl (C=O) groups is 2. The molecule has 0 aliphatic heterocycles. The lowest BCUT2D eigenvalue weighted by molar-refractivity contribution is -0.106. The second-order valence-electron chi connectivity index (χ2n) is 1.96. The minimum Gasteiger partial charge on any atom is -0.507 e. The number of nitrogens with two attached hydrogens (primary N) is 1. The molecule has 0 aromatic heterocycles. The highest BCUT2D eigenvalue weighted by Crippen LogP contribution is 2.19. The Balaban J connectivity index is 0.000000424. The molecule has 1 aromatic carbocycles. The van der Waals surface area contributed by atoms with Crippen LogP contribution in [0.2, 0.25) is 5.02 Å². The monoisotopic (exact) mass is 201 g/mol. The summed E-state index contributed by atoms with van der Waals surface area (Å²) >= 11 is 5.50. The van der Waals surface area contributed by atoms with Crippen LogP contribution in [0.3, 0.4) is 0 Å². The van der Waals surface area contributed by atoms with Crippen molar-refractivity contribution in [1.82, 2.24) is 0 Å². The number of amides is 1. The molecule has 3 N–H and O–H groups in total. The number of phenolic OH excluding ortho intramolecular Hbond substituents is 1. The predicted molar refractivity (Wildman–Crippen MR) is 48.8 cm³/mol. The van der Waals surface area contributed by atoms with E-state index in [1.54, 1.807) is 6.07 Å². The third-order valence-corrected chi connectivity index (χ3v) is 1.35. The average Bonchev–Trinajstić information content (AvgIpc) is 2.06. The van der Waals surface area contributed by atoms with Gasteiger partial charge in [0.05, 0.1) is 5.56 Å². The molecule has 0 spiro atoms. The van der Waals surface area contributed by atoms with Gasteiger partial charge in [0.2, 0.25) is 6.41 Å². The molecule has 0 saturated carbocycles. The molecular weight excluding hydrogens is 194 g/mol.